The smallest absolute Gasteiger partial charge is 0.270 e. The molecule has 0 aromatic heterocycles. The van der Waals surface area contributed by atoms with E-state index in [1.807, 2.05) is 0 Å². The van der Waals surface area contributed by atoms with Crippen molar-refractivity contribution in [1.82, 2.24) is 5.01 Å². The van der Waals surface area contributed by atoms with Gasteiger partial charge in [-0.3, -0.25) is 9.59 Å². The Morgan fingerprint density at radius 1 is 1.62 bits per heavy atom. The SMILES string of the molecule is NC1=CC[CH]C(C(=O)N(N)C=O)=C1. The Kier molecular flexibility index (Phi) is 2.81. The van der Waals surface area contributed by atoms with E-state index in [0.29, 0.717) is 22.7 Å². The van der Waals surface area contributed by atoms with Crippen molar-refractivity contribution in [3.8, 4) is 0 Å². The number of carbonyl (C=O) groups excluding carboxylic acids is 2. The van der Waals surface area contributed by atoms with Crippen molar-refractivity contribution < 1.29 is 9.59 Å². The Morgan fingerprint density at radius 2 is 2.31 bits per heavy atom. The molecule has 2 amide bonds. The minimum absolute atomic E-state index is 0.255. The Morgan fingerprint density at radius 3 is 2.85 bits per heavy atom. The van der Waals surface area contributed by atoms with E-state index in [0.717, 1.165) is 0 Å². The van der Waals surface area contributed by atoms with E-state index in [1.54, 1.807) is 12.5 Å². The zero-order chi connectivity index (χ0) is 9.84. The summed E-state index contributed by atoms with van der Waals surface area (Å²) in [5.74, 6) is 4.54. The van der Waals surface area contributed by atoms with Gasteiger partial charge >= 0.3 is 0 Å². The van der Waals surface area contributed by atoms with E-state index < -0.39 is 5.91 Å². The Labute approximate surface area is 75.6 Å². The van der Waals surface area contributed by atoms with Crippen LogP contribution in [-0.4, -0.2) is 17.3 Å². The van der Waals surface area contributed by atoms with Gasteiger partial charge in [-0.2, -0.15) is 0 Å². The molecule has 1 aliphatic rings. The Hall–Kier alpha value is -1.62. The lowest BCUT2D eigenvalue weighted by molar-refractivity contribution is -0.135. The van der Waals surface area contributed by atoms with Gasteiger partial charge in [-0.1, -0.05) is 6.08 Å². The van der Waals surface area contributed by atoms with Crippen molar-refractivity contribution in [3.63, 3.8) is 0 Å². The van der Waals surface area contributed by atoms with E-state index in [-0.39, 0.29) is 6.41 Å². The van der Waals surface area contributed by atoms with E-state index in [4.69, 9.17) is 11.6 Å². The van der Waals surface area contributed by atoms with Crippen LogP contribution in [0.5, 0.6) is 0 Å². The molecular formula is C8H10N3O2. The van der Waals surface area contributed by atoms with Crippen LogP contribution < -0.4 is 11.6 Å². The maximum absolute atomic E-state index is 11.3. The molecule has 0 atom stereocenters. The van der Waals surface area contributed by atoms with E-state index in [2.05, 4.69) is 0 Å². The molecule has 0 fully saturated rings. The first kappa shape index (κ1) is 9.47. The molecular weight excluding hydrogens is 170 g/mol. The van der Waals surface area contributed by atoms with Crippen LogP contribution in [0.15, 0.2) is 23.4 Å². The molecule has 1 aliphatic carbocycles. The lowest BCUT2D eigenvalue weighted by Crippen LogP contribution is -2.37. The third-order valence-electron chi connectivity index (χ3n) is 1.61. The standard InChI is InChI=1S/C8H10N3O2/c9-7-3-1-2-6(4-7)8(13)11(10)5-12/h2-5H,1,9-10H2. The Balaban J connectivity index is 2.78. The zero-order valence-corrected chi connectivity index (χ0v) is 6.93. The molecule has 0 aromatic rings. The highest BCUT2D eigenvalue weighted by Crippen LogP contribution is 2.14. The number of hydrazine groups is 1. The number of hydrogen-bond acceptors (Lipinski definition) is 4. The third kappa shape index (κ3) is 2.16. The average molecular weight is 180 g/mol. The monoisotopic (exact) mass is 180 g/mol. The van der Waals surface area contributed by atoms with Crippen molar-refractivity contribution in [2.24, 2.45) is 11.6 Å². The molecule has 0 aliphatic heterocycles. The van der Waals surface area contributed by atoms with E-state index >= 15 is 0 Å². The fraction of sp³-hybridized carbons (Fsp3) is 0.125. The number of carbonyl (C=O) groups is 2. The number of imide groups is 1. The Bertz CT molecular complexity index is 294. The summed E-state index contributed by atoms with van der Waals surface area (Å²) in [6, 6.07) is 0. The summed E-state index contributed by atoms with van der Waals surface area (Å²) in [6.07, 6.45) is 5.73. The van der Waals surface area contributed by atoms with Crippen molar-refractivity contribution in [1.29, 1.82) is 0 Å². The highest BCUT2D eigenvalue weighted by atomic mass is 16.2. The number of nitrogens with two attached hydrogens (primary N) is 2. The number of amides is 2. The molecule has 5 nitrogen and oxygen atoms in total. The molecule has 0 saturated carbocycles. The lowest BCUT2D eigenvalue weighted by Gasteiger charge is -2.13. The molecule has 0 saturated heterocycles. The first-order valence-electron chi connectivity index (χ1n) is 3.69. The van der Waals surface area contributed by atoms with Gasteiger partial charge in [0.15, 0.2) is 0 Å². The summed E-state index contributed by atoms with van der Waals surface area (Å²) in [4.78, 5) is 21.4. The largest absolute Gasteiger partial charge is 0.399 e. The highest BCUT2D eigenvalue weighted by molar-refractivity contribution is 6.00. The van der Waals surface area contributed by atoms with Crippen LogP contribution in [0.1, 0.15) is 6.42 Å². The quantitative estimate of drug-likeness (QED) is 0.252. The van der Waals surface area contributed by atoms with Crippen molar-refractivity contribution in [2.45, 2.75) is 6.42 Å². The second-order valence-electron chi connectivity index (χ2n) is 2.56. The van der Waals surface area contributed by atoms with Gasteiger partial charge in [-0.25, -0.2) is 10.9 Å². The second-order valence-corrected chi connectivity index (χ2v) is 2.56. The first-order chi connectivity index (χ1) is 6.15. The summed E-state index contributed by atoms with van der Waals surface area (Å²) < 4.78 is 0. The van der Waals surface area contributed by atoms with Crippen molar-refractivity contribution >= 4 is 12.3 Å². The minimum atomic E-state index is -0.550. The second kappa shape index (κ2) is 3.86. The summed E-state index contributed by atoms with van der Waals surface area (Å²) in [5, 5.41) is 0.487. The number of hydrogen-bond donors (Lipinski definition) is 2. The number of rotatable bonds is 2. The van der Waals surface area contributed by atoms with Gasteiger partial charge in [-0.15, -0.1) is 0 Å². The van der Waals surface area contributed by atoms with Gasteiger partial charge < -0.3 is 5.73 Å². The molecule has 0 spiro atoms. The van der Waals surface area contributed by atoms with Gasteiger partial charge in [0, 0.05) is 17.7 Å². The summed E-state index contributed by atoms with van der Waals surface area (Å²) in [6.45, 7) is 0. The van der Waals surface area contributed by atoms with Crippen LogP contribution >= 0.6 is 0 Å². The van der Waals surface area contributed by atoms with Crippen LogP contribution in [0.4, 0.5) is 0 Å². The first-order valence-corrected chi connectivity index (χ1v) is 3.69. The van der Waals surface area contributed by atoms with Crippen LogP contribution in [0.2, 0.25) is 0 Å². The van der Waals surface area contributed by atoms with E-state index in [9.17, 15) is 9.59 Å². The molecule has 5 heteroatoms. The van der Waals surface area contributed by atoms with Crippen LogP contribution in [0.3, 0.4) is 0 Å². The van der Waals surface area contributed by atoms with Crippen molar-refractivity contribution in [3.05, 3.63) is 29.8 Å². The van der Waals surface area contributed by atoms with Crippen molar-refractivity contribution in [2.75, 3.05) is 0 Å². The van der Waals surface area contributed by atoms with Crippen LogP contribution in [-0.2, 0) is 9.59 Å². The molecule has 13 heavy (non-hydrogen) atoms. The van der Waals surface area contributed by atoms with Gasteiger partial charge in [0.2, 0.25) is 6.41 Å². The summed E-state index contributed by atoms with van der Waals surface area (Å²) in [5.41, 5.74) is 6.32. The fourth-order valence-corrected chi connectivity index (χ4v) is 0.965. The predicted octanol–water partition coefficient (Wildman–Crippen LogP) is -0.778. The molecule has 0 unspecified atom stereocenters. The fourth-order valence-electron chi connectivity index (χ4n) is 0.965. The maximum atomic E-state index is 11.3. The van der Waals surface area contributed by atoms with Gasteiger partial charge in [0.25, 0.3) is 5.91 Å². The topological polar surface area (TPSA) is 89.4 Å². The minimum Gasteiger partial charge on any atom is -0.399 e. The summed E-state index contributed by atoms with van der Waals surface area (Å²) >= 11 is 0. The van der Waals surface area contributed by atoms with Crippen LogP contribution in [0, 0.1) is 6.42 Å². The molecule has 1 rings (SSSR count). The van der Waals surface area contributed by atoms with Crippen LogP contribution in [0.25, 0.3) is 0 Å². The molecule has 69 valence electrons. The summed E-state index contributed by atoms with van der Waals surface area (Å²) in [7, 11) is 0. The molecule has 0 bridgehead atoms. The predicted molar refractivity (Wildman–Crippen MR) is 46.4 cm³/mol. The molecule has 0 heterocycles. The lowest BCUT2D eigenvalue weighted by atomic mass is 10.0. The van der Waals surface area contributed by atoms with Gasteiger partial charge in [0.1, 0.15) is 0 Å². The molecule has 1 radical (unpaired) electrons. The normalized spacial score (nSPS) is 15.8. The highest BCUT2D eigenvalue weighted by Gasteiger charge is 2.16. The van der Waals surface area contributed by atoms with Gasteiger partial charge in [-0.05, 0) is 12.5 Å². The molecule has 0 aromatic carbocycles. The van der Waals surface area contributed by atoms with Gasteiger partial charge in [0.05, 0.1) is 0 Å². The van der Waals surface area contributed by atoms with E-state index in [1.165, 1.54) is 6.08 Å². The number of allylic oxidation sites excluding steroid dienone is 2. The molecule has 4 N–H and O–H groups in total. The average Bonchev–Trinajstić information content (AvgIpc) is 2.15. The maximum Gasteiger partial charge on any atom is 0.270 e. The number of nitrogens with zero attached hydrogens (tertiary/aromatic N) is 1. The zero-order valence-electron chi connectivity index (χ0n) is 6.93. The third-order valence-corrected chi connectivity index (χ3v) is 1.61.